The van der Waals surface area contributed by atoms with Crippen LogP contribution in [-0.2, 0) is 6.42 Å². The number of halogens is 1. The molecule has 0 radical (unpaired) electrons. The van der Waals surface area contributed by atoms with Gasteiger partial charge in [-0.25, -0.2) is 0 Å². The Labute approximate surface area is 138 Å². The van der Waals surface area contributed by atoms with Crippen LogP contribution in [0.1, 0.15) is 11.3 Å². The van der Waals surface area contributed by atoms with Gasteiger partial charge in [-0.2, -0.15) is 0 Å². The number of methoxy groups -OCH3 is 2. The summed E-state index contributed by atoms with van der Waals surface area (Å²) < 4.78 is 11.8. The minimum absolute atomic E-state index is 0.722. The van der Waals surface area contributed by atoms with Gasteiger partial charge in [-0.05, 0) is 41.3 Å². The Kier molecular flexibility index (Phi) is 4.29. The van der Waals surface area contributed by atoms with Crippen molar-refractivity contribution in [1.82, 2.24) is 4.98 Å². The predicted molar refractivity (Wildman–Crippen MR) is 91.8 cm³/mol. The fourth-order valence-electron chi connectivity index (χ4n) is 2.50. The Bertz CT molecular complexity index is 800. The van der Waals surface area contributed by atoms with E-state index < -0.39 is 0 Å². The van der Waals surface area contributed by atoms with E-state index in [2.05, 4.69) is 33.0 Å². The molecule has 0 N–H and O–H groups in total. The quantitative estimate of drug-likeness (QED) is 0.683. The molecular weight excluding hydrogens is 342 g/mol. The number of fused-ring (bicyclic) bond motifs is 1. The molecule has 3 nitrogen and oxygen atoms in total. The Balaban J connectivity index is 2.07. The molecule has 2 aromatic carbocycles. The van der Waals surface area contributed by atoms with Crippen LogP contribution in [-0.4, -0.2) is 19.2 Å². The average molecular weight is 358 g/mol. The van der Waals surface area contributed by atoms with Crippen LogP contribution in [0.4, 0.5) is 0 Å². The molecule has 3 aromatic rings. The molecule has 3 rings (SSSR count). The third kappa shape index (κ3) is 2.92. The molecule has 0 saturated carbocycles. The summed E-state index contributed by atoms with van der Waals surface area (Å²) in [5.41, 5.74) is 2.25. The molecule has 0 unspecified atom stereocenters. The van der Waals surface area contributed by atoms with Gasteiger partial charge in [-0.1, -0.05) is 28.1 Å². The van der Waals surface area contributed by atoms with Gasteiger partial charge >= 0.3 is 0 Å². The monoisotopic (exact) mass is 357 g/mol. The average Bonchev–Trinajstić information content (AvgIpc) is 2.56. The van der Waals surface area contributed by atoms with E-state index in [9.17, 15) is 0 Å². The van der Waals surface area contributed by atoms with Crippen LogP contribution in [0, 0.1) is 0 Å². The number of hydrogen-bond acceptors (Lipinski definition) is 3. The Morgan fingerprint density at radius 3 is 2.32 bits per heavy atom. The van der Waals surface area contributed by atoms with E-state index in [1.54, 1.807) is 14.2 Å². The molecule has 112 valence electrons. The lowest BCUT2D eigenvalue weighted by Gasteiger charge is -2.11. The fourth-order valence-corrected chi connectivity index (χ4v) is 2.76. The first-order chi connectivity index (χ1) is 10.7. The number of pyridine rings is 1. The highest BCUT2D eigenvalue weighted by molar-refractivity contribution is 9.10. The first kappa shape index (κ1) is 14.9. The standard InChI is InChI=1S/C18H16BrNO2/c1-21-17-10-13-7-8-20-16(15(13)11-18(17)22-2)9-12-3-5-14(19)6-4-12/h3-8,10-11H,9H2,1-2H3. The van der Waals surface area contributed by atoms with Crippen molar-refractivity contribution in [3.63, 3.8) is 0 Å². The molecule has 0 atom stereocenters. The zero-order valence-electron chi connectivity index (χ0n) is 12.5. The van der Waals surface area contributed by atoms with E-state index in [1.165, 1.54) is 5.56 Å². The number of hydrogen-bond donors (Lipinski definition) is 0. The number of rotatable bonds is 4. The maximum atomic E-state index is 5.41. The number of ether oxygens (including phenoxy) is 2. The van der Waals surface area contributed by atoms with Crippen LogP contribution < -0.4 is 9.47 Å². The third-order valence-electron chi connectivity index (χ3n) is 3.64. The van der Waals surface area contributed by atoms with Gasteiger partial charge in [0, 0.05) is 22.5 Å². The number of nitrogens with zero attached hydrogens (tertiary/aromatic N) is 1. The van der Waals surface area contributed by atoms with Crippen molar-refractivity contribution < 1.29 is 9.47 Å². The SMILES string of the molecule is COc1cc2ccnc(Cc3ccc(Br)cc3)c2cc1OC. The summed E-state index contributed by atoms with van der Waals surface area (Å²) in [7, 11) is 3.29. The molecule has 22 heavy (non-hydrogen) atoms. The van der Waals surface area contributed by atoms with E-state index in [-0.39, 0.29) is 0 Å². The largest absolute Gasteiger partial charge is 0.493 e. The van der Waals surface area contributed by atoms with Crippen molar-refractivity contribution in [2.24, 2.45) is 0 Å². The van der Waals surface area contributed by atoms with Crippen LogP contribution in [0.3, 0.4) is 0 Å². The van der Waals surface area contributed by atoms with Crippen LogP contribution in [0.25, 0.3) is 10.8 Å². The van der Waals surface area contributed by atoms with Crippen molar-refractivity contribution in [2.75, 3.05) is 14.2 Å². The van der Waals surface area contributed by atoms with Crippen molar-refractivity contribution >= 4 is 26.7 Å². The molecule has 0 saturated heterocycles. The minimum Gasteiger partial charge on any atom is -0.493 e. The van der Waals surface area contributed by atoms with E-state index >= 15 is 0 Å². The van der Waals surface area contributed by atoms with Gasteiger partial charge in [-0.15, -0.1) is 0 Å². The molecule has 0 aliphatic heterocycles. The Hall–Kier alpha value is -2.07. The number of aromatic nitrogens is 1. The topological polar surface area (TPSA) is 31.4 Å². The number of benzene rings is 2. The van der Waals surface area contributed by atoms with Crippen molar-refractivity contribution in [1.29, 1.82) is 0 Å². The summed E-state index contributed by atoms with van der Waals surface area (Å²) in [6, 6.07) is 14.3. The molecule has 0 bridgehead atoms. The third-order valence-corrected chi connectivity index (χ3v) is 4.16. The lowest BCUT2D eigenvalue weighted by molar-refractivity contribution is 0.356. The summed E-state index contributed by atoms with van der Waals surface area (Å²) in [4.78, 5) is 4.55. The molecule has 0 spiro atoms. The molecule has 0 fully saturated rings. The van der Waals surface area contributed by atoms with Gasteiger partial charge in [0.1, 0.15) is 0 Å². The molecular formula is C18H16BrNO2. The molecule has 1 heterocycles. The Morgan fingerprint density at radius 2 is 1.64 bits per heavy atom. The molecule has 0 amide bonds. The van der Waals surface area contributed by atoms with Crippen molar-refractivity contribution in [3.8, 4) is 11.5 Å². The maximum Gasteiger partial charge on any atom is 0.161 e. The summed E-state index contributed by atoms with van der Waals surface area (Å²) in [5.74, 6) is 1.45. The van der Waals surface area contributed by atoms with Crippen molar-refractivity contribution in [2.45, 2.75) is 6.42 Å². The normalized spacial score (nSPS) is 10.7. The predicted octanol–water partition coefficient (Wildman–Crippen LogP) is 4.61. The first-order valence-electron chi connectivity index (χ1n) is 6.95. The Morgan fingerprint density at radius 1 is 0.955 bits per heavy atom. The summed E-state index contributed by atoms with van der Waals surface area (Å²) in [6.45, 7) is 0. The second-order valence-corrected chi connectivity index (χ2v) is 5.90. The highest BCUT2D eigenvalue weighted by atomic mass is 79.9. The molecule has 0 aliphatic rings. The highest BCUT2D eigenvalue weighted by Crippen LogP contribution is 2.33. The van der Waals surface area contributed by atoms with Gasteiger partial charge in [0.2, 0.25) is 0 Å². The van der Waals surface area contributed by atoms with E-state index in [0.29, 0.717) is 0 Å². The maximum absolute atomic E-state index is 5.41. The lowest BCUT2D eigenvalue weighted by atomic mass is 10.0. The zero-order valence-corrected chi connectivity index (χ0v) is 14.1. The minimum atomic E-state index is 0.722. The van der Waals surface area contributed by atoms with Crippen LogP contribution in [0.2, 0.25) is 0 Å². The van der Waals surface area contributed by atoms with E-state index in [0.717, 1.165) is 38.9 Å². The van der Waals surface area contributed by atoms with E-state index in [4.69, 9.17) is 9.47 Å². The van der Waals surface area contributed by atoms with Crippen LogP contribution in [0.5, 0.6) is 11.5 Å². The second kappa shape index (κ2) is 6.36. The van der Waals surface area contributed by atoms with Crippen molar-refractivity contribution in [3.05, 3.63) is 64.4 Å². The van der Waals surface area contributed by atoms with Crippen LogP contribution >= 0.6 is 15.9 Å². The summed E-state index contributed by atoms with van der Waals surface area (Å²) >= 11 is 3.46. The molecule has 0 aliphatic carbocycles. The summed E-state index contributed by atoms with van der Waals surface area (Å²) in [5, 5.41) is 2.18. The van der Waals surface area contributed by atoms with Gasteiger partial charge in [0.25, 0.3) is 0 Å². The summed E-state index contributed by atoms with van der Waals surface area (Å²) in [6.07, 6.45) is 2.61. The van der Waals surface area contributed by atoms with E-state index in [1.807, 2.05) is 36.5 Å². The zero-order chi connectivity index (χ0) is 15.5. The van der Waals surface area contributed by atoms with Gasteiger partial charge in [0.05, 0.1) is 19.9 Å². The molecule has 4 heteroatoms. The lowest BCUT2D eigenvalue weighted by Crippen LogP contribution is -1.96. The van der Waals surface area contributed by atoms with Gasteiger partial charge in [0.15, 0.2) is 11.5 Å². The fraction of sp³-hybridized carbons (Fsp3) is 0.167. The second-order valence-electron chi connectivity index (χ2n) is 4.99. The van der Waals surface area contributed by atoms with Gasteiger partial charge in [-0.3, -0.25) is 4.98 Å². The van der Waals surface area contributed by atoms with Crippen LogP contribution in [0.15, 0.2) is 53.1 Å². The smallest absolute Gasteiger partial charge is 0.161 e. The first-order valence-corrected chi connectivity index (χ1v) is 7.74. The highest BCUT2D eigenvalue weighted by Gasteiger charge is 2.10. The molecule has 1 aromatic heterocycles. The van der Waals surface area contributed by atoms with Gasteiger partial charge < -0.3 is 9.47 Å².